The minimum atomic E-state index is -3.00. The molecule has 6 heteroatoms. The molecule has 0 aliphatic carbocycles. The molecule has 3 rings (SSSR count). The van der Waals surface area contributed by atoms with Gasteiger partial charge in [-0.2, -0.15) is 0 Å². The molecule has 114 valence electrons. The Morgan fingerprint density at radius 2 is 2.10 bits per heavy atom. The highest BCUT2D eigenvalue weighted by molar-refractivity contribution is 7.91. The first-order valence-corrected chi connectivity index (χ1v) is 9.08. The Kier molecular flexibility index (Phi) is 3.75. The van der Waals surface area contributed by atoms with Crippen LogP contribution in [0.4, 0.5) is 5.69 Å². The van der Waals surface area contributed by atoms with E-state index in [1.165, 1.54) is 0 Å². The van der Waals surface area contributed by atoms with E-state index in [1.807, 2.05) is 6.07 Å². The number of benzene rings is 1. The molecule has 1 aromatic rings. The van der Waals surface area contributed by atoms with Crippen molar-refractivity contribution in [3.8, 4) is 0 Å². The summed E-state index contributed by atoms with van der Waals surface area (Å²) in [5, 5.41) is 13.3. The molecular formula is C15H19NO4S. The fourth-order valence-corrected chi connectivity index (χ4v) is 4.95. The van der Waals surface area contributed by atoms with Gasteiger partial charge < -0.3 is 10.4 Å². The van der Waals surface area contributed by atoms with Gasteiger partial charge >= 0.3 is 0 Å². The lowest BCUT2D eigenvalue weighted by Crippen LogP contribution is -2.15. The maximum absolute atomic E-state index is 11.5. The minimum Gasteiger partial charge on any atom is -0.388 e. The van der Waals surface area contributed by atoms with Gasteiger partial charge in [0.25, 0.3) is 0 Å². The van der Waals surface area contributed by atoms with Crippen molar-refractivity contribution in [1.82, 2.24) is 0 Å². The molecule has 2 atom stereocenters. The summed E-state index contributed by atoms with van der Waals surface area (Å²) in [7, 11) is -3.00. The second-order valence-corrected chi connectivity index (χ2v) is 8.15. The second-order valence-electron chi connectivity index (χ2n) is 5.93. The lowest BCUT2D eigenvalue weighted by molar-refractivity contribution is -0.116. The van der Waals surface area contributed by atoms with Crippen molar-refractivity contribution in [2.24, 2.45) is 5.92 Å². The number of hydrogen-bond donors (Lipinski definition) is 2. The fraction of sp³-hybridized carbons (Fsp3) is 0.533. The molecular weight excluding hydrogens is 290 g/mol. The summed E-state index contributed by atoms with van der Waals surface area (Å²) < 4.78 is 23.1. The van der Waals surface area contributed by atoms with Crippen LogP contribution in [0.25, 0.3) is 0 Å². The van der Waals surface area contributed by atoms with Gasteiger partial charge in [-0.15, -0.1) is 0 Å². The van der Waals surface area contributed by atoms with Gasteiger partial charge in [-0.25, -0.2) is 8.42 Å². The summed E-state index contributed by atoms with van der Waals surface area (Å²) in [6.07, 6.45) is 1.84. The summed E-state index contributed by atoms with van der Waals surface area (Å²) >= 11 is 0. The van der Waals surface area contributed by atoms with Gasteiger partial charge in [0.05, 0.1) is 17.6 Å². The van der Waals surface area contributed by atoms with Crippen LogP contribution in [0.3, 0.4) is 0 Å². The average molecular weight is 309 g/mol. The van der Waals surface area contributed by atoms with Crippen molar-refractivity contribution in [2.75, 3.05) is 16.8 Å². The molecule has 2 N–H and O–H groups in total. The minimum absolute atomic E-state index is 0.0175. The Morgan fingerprint density at radius 1 is 1.29 bits per heavy atom. The number of rotatable bonds is 2. The van der Waals surface area contributed by atoms with E-state index >= 15 is 0 Å². The van der Waals surface area contributed by atoms with Crippen molar-refractivity contribution in [2.45, 2.75) is 31.8 Å². The number of aryl methyl sites for hydroxylation is 1. The van der Waals surface area contributed by atoms with Gasteiger partial charge in [0, 0.05) is 18.0 Å². The number of amides is 1. The van der Waals surface area contributed by atoms with E-state index < -0.39 is 15.9 Å². The number of sulfone groups is 1. The van der Waals surface area contributed by atoms with Gasteiger partial charge in [0.1, 0.15) is 0 Å². The van der Waals surface area contributed by atoms with Gasteiger partial charge in [-0.05, 0) is 36.5 Å². The summed E-state index contributed by atoms with van der Waals surface area (Å²) in [5.74, 6) is 0.00917. The maximum Gasteiger partial charge on any atom is 0.224 e. The number of aliphatic hydroxyl groups excluding tert-OH is 1. The van der Waals surface area contributed by atoms with Crippen molar-refractivity contribution in [3.05, 3.63) is 29.3 Å². The molecule has 21 heavy (non-hydrogen) atoms. The van der Waals surface area contributed by atoms with Gasteiger partial charge in [-0.3, -0.25) is 4.79 Å². The number of aliphatic hydroxyl groups is 1. The molecule has 0 saturated carbocycles. The zero-order chi connectivity index (χ0) is 15.0. The molecule has 0 bridgehead atoms. The Hall–Kier alpha value is -1.40. The van der Waals surface area contributed by atoms with E-state index in [-0.39, 0.29) is 23.3 Å². The Balaban J connectivity index is 1.83. The summed E-state index contributed by atoms with van der Waals surface area (Å²) in [6, 6.07) is 5.48. The van der Waals surface area contributed by atoms with E-state index in [0.29, 0.717) is 12.8 Å². The predicted octanol–water partition coefficient (Wildman–Crippen LogP) is 1.43. The molecule has 1 aromatic carbocycles. The number of anilines is 1. The average Bonchev–Trinajstić information content (AvgIpc) is 2.69. The van der Waals surface area contributed by atoms with Crippen molar-refractivity contribution in [3.63, 3.8) is 0 Å². The molecule has 2 aliphatic rings. The van der Waals surface area contributed by atoms with E-state index in [1.54, 1.807) is 12.1 Å². The van der Waals surface area contributed by atoms with Gasteiger partial charge in [-0.1, -0.05) is 12.1 Å². The van der Waals surface area contributed by atoms with Gasteiger partial charge in [0.2, 0.25) is 5.91 Å². The van der Waals surface area contributed by atoms with Gasteiger partial charge in [0.15, 0.2) is 9.84 Å². The van der Waals surface area contributed by atoms with Crippen LogP contribution in [0, 0.1) is 5.92 Å². The highest BCUT2D eigenvalue weighted by Gasteiger charge is 2.33. The van der Waals surface area contributed by atoms with E-state index in [9.17, 15) is 18.3 Å². The first-order valence-electron chi connectivity index (χ1n) is 7.26. The third-order valence-electron chi connectivity index (χ3n) is 4.31. The Bertz CT molecular complexity index is 668. The highest BCUT2D eigenvalue weighted by atomic mass is 32.2. The van der Waals surface area contributed by atoms with Crippen LogP contribution >= 0.6 is 0 Å². The van der Waals surface area contributed by atoms with E-state index in [4.69, 9.17) is 0 Å². The van der Waals surface area contributed by atoms with Crippen LogP contribution in [0.5, 0.6) is 0 Å². The smallest absolute Gasteiger partial charge is 0.224 e. The molecule has 1 fully saturated rings. The zero-order valence-corrected chi connectivity index (χ0v) is 12.5. The zero-order valence-electron chi connectivity index (χ0n) is 11.7. The Morgan fingerprint density at radius 3 is 2.81 bits per heavy atom. The van der Waals surface area contributed by atoms with Crippen LogP contribution in [0.15, 0.2) is 18.2 Å². The quantitative estimate of drug-likeness (QED) is 0.865. The number of nitrogens with one attached hydrogen (secondary N) is 1. The van der Waals surface area contributed by atoms with Crippen LogP contribution in [0.1, 0.15) is 36.5 Å². The van der Waals surface area contributed by atoms with Crippen molar-refractivity contribution < 1.29 is 18.3 Å². The first-order chi connectivity index (χ1) is 9.94. The summed E-state index contributed by atoms with van der Waals surface area (Å²) in [5.41, 5.74) is 2.55. The number of hydrogen-bond acceptors (Lipinski definition) is 4. The topological polar surface area (TPSA) is 83.5 Å². The Labute approximate surface area is 124 Å². The molecule has 2 aliphatic heterocycles. The molecule has 1 amide bonds. The number of carbonyl (C=O) groups excluding carboxylic acids is 1. The molecule has 2 heterocycles. The predicted molar refractivity (Wildman–Crippen MR) is 79.7 cm³/mol. The van der Waals surface area contributed by atoms with Crippen LogP contribution in [-0.4, -0.2) is 30.9 Å². The standard InChI is InChI=1S/C15H19NO4S/c17-14-3-1-2-10-8-11(4-5-13(10)16-14)15(18)12-6-7-21(19,20)9-12/h4-5,8,12,15,18H,1-3,6-7,9H2,(H,16,17). The first kappa shape index (κ1) is 14.5. The van der Waals surface area contributed by atoms with E-state index in [0.717, 1.165) is 29.7 Å². The van der Waals surface area contributed by atoms with Crippen LogP contribution in [-0.2, 0) is 21.1 Å². The summed E-state index contributed by atoms with van der Waals surface area (Å²) in [6.45, 7) is 0. The fourth-order valence-electron chi connectivity index (χ4n) is 3.12. The SMILES string of the molecule is O=C1CCCc2cc(C(O)C3CCS(=O)(=O)C3)ccc2N1. The van der Waals surface area contributed by atoms with Crippen LogP contribution in [0.2, 0.25) is 0 Å². The molecule has 2 unspecified atom stereocenters. The molecule has 1 saturated heterocycles. The lowest BCUT2D eigenvalue weighted by atomic mass is 9.93. The molecule has 5 nitrogen and oxygen atoms in total. The number of carbonyl (C=O) groups is 1. The molecule has 0 radical (unpaired) electrons. The van der Waals surface area contributed by atoms with E-state index in [2.05, 4.69) is 5.32 Å². The molecule has 0 spiro atoms. The third kappa shape index (κ3) is 3.11. The number of fused-ring (bicyclic) bond motifs is 1. The highest BCUT2D eigenvalue weighted by Crippen LogP contribution is 2.33. The lowest BCUT2D eigenvalue weighted by Gasteiger charge is -2.18. The second kappa shape index (κ2) is 5.42. The normalized spacial score (nSPS) is 25.8. The van der Waals surface area contributed by atoms with Crippen molar-refractivity contribution >= 4 is 21.4 Å². The third-order valence-corrected chi connectivity index (χ3v) is 6.10. The largest absolute Gasteiger partial charge is 0.388 e. The summed E-state index contributed by atoms with van der Waals surface area (Å²) in [4.78, 5) is 11.5. The maximum atomic E-state index is 11.5. The van der Waals surface area contributed by atoms with Crippen molar-refractivity contribution in [1.29, 1.82) is 0 Å². The molecule has 0 aromatic heterocycles. The monoisotopic (exact) mass is 309 g/mol. The van der Waals surface area contributed by atoms with Crippen LogP contribution < -0.4 is 5.32 Å².